The van der Waals surface area contributed by atoms with E-state index in [9.17, 15) is 4.39 Å². The summed E-state index contributed by atoms with van der Waals surface area (Å²) in [6.07, 6.45) is 6.64. The van der Waals surface area contributed by atoms with Gasteiger partial charge < -0.3 is 9.64 Å². The molecule has 4 nitrogen and oxygen atoms in total. The van der Waals surface area contributed by atoms with Gasteiger partial charge in [-0.25, -0.2) is 9.37 Å². The largest absolute Gasteiger partial charge is 0.463 e. The lowest BCUT2D eigenvalue weighted by molar-refractivity contribution is 0.170. The van der Waals surface area contributed by atoms with E-state index in [1.807, 2.05) is 0 Å². The van der Waals surface area contributed by atoms with Crippen LogP contribution in [-0.4, -0.2) is 41.1 Å². The first kappa shape index (κ1) is 13.9. The number of benzene rings is 1. The zero-order valence-electron chi connectivity index (χ0n) is 12.6. The smallest absolute Gasteiger partial charge is 0.317 e. The molecule has 1 aromatic heterocycles. The summed E-state index contributed by atoms with van der Waals surface area (Å²) < 4.78 is 19.6. The number of fused-ring (bicyclic) bond motifs is 1. The van der Waals surface area contributed by atoms with Crippen molar-refractivity contribution in [3.8, 4) is 6.01 Å². The number of likely N-dealkylation sites (tertiary alicyclic amines) is 1. The molecule has 0 N–H and O–H groups in total. The van der Waals surface area contributed by atoms with Crippen LogP contribution < -0.4 is 4.74 Å². The summed E-state index contributed by atoms with van der Waals surface area (Å²) in [6.45, 7) is 4.15. The molecule has 0 amide bonds. The van der Waals surface area contributed by atoms with Crippen LogP contribution in [-0.2, 0) is 0 Å². The topological polar surface area (TPSA) is 38.2 Å². The van der Waals surface area contributed by atoms with E-state index in [4.69, 9.17) is 4.74 Å². The van der Waals surface area contributed by atoms with Gasteiger partial charge in [-0.05, 0) is 44.8 Å². The third-order valence-corrected chi connectivity index (χ3v) is 4.76. The van der Waals surface area contributed by atoms with Crippen molar-refractivity contribution in [2.45, 2.75) is 25.7 Å². The number of para-hydroxylation sites is 1. The molecule has 2 heterocycles. The minimum absolute atomic E-state index is 0.262. The second-order valence-corrected chi connectivity index (χ2v) is 6.60. The average Bonchev–Trinajstić information content (AvgIpc) is 3.10. The Morgan fingerprint density at radius 2 is 2.05 bits per heavy atom. The Morgan fingerprint density at radius 3 is 2.82 bits per heavy atom. The molecular weight excluding hydrogens is 281 g/mol. The molecule has 1 aromatic carbocycles. The summed E-state index contributed by atoms with van der Waals surface area (Å²) >= 11 is 0. The van der Waals surface area contributed by atoms with Gasteiger partial charge in [0, 0.05) is 23.5 Å². The number of hydrogen-bond donors (Lipinski definition) is 0. The molecule has 2 fully saturated rings. The van der Waals surface area contributed by atoms with Gasteiger partial charge >= 0.3 is 6.01 Å². The molecule has 0 bridgehead atoms. The van der Waals surface area contributed by atoms with Crippen LogP contribution in [0.25, 0.3) is 10.9 Å². The molecule has 0 radical (unpaired) electrons. The maximum Gasteiger partial charge on any atom is 0.317 e. The van der Waals surface area contributed by atoms with Crippen LogP contribution in [0.15, 0.2) is 24.4 Å². The zero-order chi connectivity index (χ0) is 15.0. The SMILES string of the molecule is Fc1cccc2cnc(OCC3(CN4CCCC4)CC3)nc12. The Hall–Kier alpha value is -1.75. The Bertz CT molecular complexity index is 681. The molecule has 2 aromatic rings. The monoisotopic (exact) mass is 301 g/mol. The van der Waals surface area contributed by atoms with Crippen molar-refractivity contribution in [3.63, 3.8) is 0 Å². The van der Waals surface area contributed by atoms with Crippen LogP contribution >= 0.6 is 0 Å². The van der Waals surface area contributed by atoms with Gasteiger partial charge in [0.1, 0.15) is 11.3 Å². The van der Waals surface area contributed by atoms with E-state index in [1.54, 1.807) is 18.3 Å². The molecular formula is C17H20FN3O. The van der Waals surface area contributed by atoms with Crippen molar-refractivity contribution in [3.05, 3.63) is 30.2 Å². The highest BCUT2D eigenvalue weighted by Crippen LogP contribution is 2.46. The van der Waals surface area contributed by atoms with E-state index >= 15 is 0 Å². The molecule has 116 valence electrons. The van der Waals surface area contributed by atoms with Crippen molar-refractivity contribution < 1.29 is 9.13 Å². The van der Waals surface area contributed by atoms with Gasteiger partial charge in [0.2, 0.25) is 0 Å². The van der Waals surface area contributed by atoms with E-state index in [1.165, 1.54) is 44.8 Å². The molecule has 22 heavy (non-hydrogen) atoms. The van der Waals surface area contributed by atoms with Crippen LogP contribution in [0.5, 0.6) is 6.01 Å². The lowest BCUT2D eigenvalue weighted by atomic mass is 10.1. The third-order valence-electron chi connectivity index (χ3n) is 4.76. The number of hydrogen-bond acceptors (Lipinski definition) is 4. The predicted molar refractivity (Wildman–Crippen MR) is 82.3 cm³/mol. The Labute approximate surface area is 129 Å². The zero-order valence-corrected chi connectivity index (χ0v) is 12.6. The fourth-order valence-electron chi connectivity index (χ4n) is 3.23. The maximum atomic E-state index is 13.8. The van der Waals surface area contributed by atoms with Crippen molar-refractivity contribution in [1.82, 2.24) is 14.9 Å². The number of aromatic nitrogens is 2. The van der Waals surface area contributed by atoms with Gasteiger partial charge in [-0.3, -0.25) is 0 Å². The van der Waals surface area contributed by atoms with E-state index in [-0.39, 0.29) is 17.2 Å². The Kier molecular flexibility index (Phi) is 3.45. The van der Waals surface area contributed by atoms with Crippen molar-refractivity contribution in [1.29, 1.82) is 0 Å². The molecule has 0 spiro atoms. The molecule has 0 atom stereocenters. The van der Waals surface area contributed by atoms with E-state index in [2.05, 4.69) is 14.9 Å². The summed E-state index contributed by atoms with van der Waals surface area (Å²) in [4.78, 5) is 10.9. The van der Waals surface area contributed by atoms with Crippen molar-refractivity contribution in [2.24, 2.45) is 5.41 Å². The first-order valence-corrected chi connectivity index (χ1v) is 8.01. The summed E-state index contributed by atoms with van der Waals surface area (Å²) in [5, 5.41) is 0.700. The van der Waals surface area contributed by atoms with Crippen LogP contribution in [0.1, 0.15) is 25.7 Å². The molecule has 1 aliphatic heterocycles. The van der Waals surface area contributed by atoms with E-state index < -0.39 is 0 Å². The number of nitrogens with zero attached hydrogens (tertiary/aromatic N) is 3. The Balaban J connectivity index is 1.44. The minimum atomic E-state index is -0.331. The molecule has 1 aliphatic carbocycles. The van der Waals surface area contributed by atoms with E-state index in [0.29, 0.717) is 17.5 Å². The van der Waals surface area contributed by atoms with Crippen LogP contribution in [0.4, 0.5) is 4.39 Å². The first-order valence-electron chi connectivity index (χ1n) is 8.01. The standard InChI is InChI=1S/C17H20FN3O/c18-14-5-3-4-13-10-19-16(20-15(13)14)22-12-17(6-7-17)11-21-8-1-2-9-21/h3-5,10H,1-2,6-9,11-12H2. The number of ether oxygens (including phenoxy) is 1. The van der Waals surface area contributed by atoms with Gasteiger partial charge in [0.05, 0.1) is 6.61 Å². The summed E-state index contributed by atoms with van der Waals surface area (Å²) in [5.41, 5.74) is 0.592. The lowest BCUT2D eigenvalue weighted by Crippen LogP contribution is -2.31. The first-order chi connectivity index (χ1) is 10.7. The van der Waals surface area contributed by atoms with Gasteiger partial charge in [-0.15, -0.1) is 0 Å². The Morgan fingerprint density at radius 1 is 1.23 bits per heavy atom. The average molecular weight is 301 g/mol. The highest BCUT2D eigenvalue weighted by atomic mass is 19.1. The van der Waals surface area contributed by atoms with Crippen molar-refractivity contribution in [2.75, 3.05) is 26.2 Å². The second kappa shape index (κ2) is 5.47. The lowest BCUT2D eigenvalue weighted by Gasteiger charge is -2.22. The maximum absolute atomic E-state index is 13.8. The minimum Gasteiger partial charge on any atom is -0.463 e. The van der Waals surface area contributed by atoms with Gasteiger partial charge in [0.15, 0.2) is 0 Å². The van der Waals surface area contributed by atoms with Gasteiger partial charge in [-0.2, -0.15) is 4.98 Å². The number of halogens is 1. The molecule has 1 saturated heterocycles. The second-order valence-electron chi connectivity index (χ2n) is 6.60. The van der Waals surface area contributed by atoms with E-state index in [0.717, 1.165) is 6.54 Å². The summed E-state index contributed by atoms with van der Waals surface area (Å²) in [5.74, 6) is -0.331. The molecule has 1 saturated carbocycles. The number of rotatable bonds is 5. The summed E-state index contributed by atoms with van der Waals surface area (Å²) in [7, 11) is 0. The molecule has 2 aliphatic rings. The highest BCUT2D eigenvalue weighted by molar-refractivity contribution is 5.78. The van der Waals surface area contributed by atoms with Crippen LogP contribution in [0.2, 0.25) is 0 Å². The quantitative estimate of drug-likeness (QED) is 0.851. The van der Waals surface area contributed by atoms with Crippen molar-refractivity contribution >= 4 is 10.9 Å². The predicted octanol–water partition coefficient (Wildman–Crippen LogP) is 3.02. The third kappa shape index (κ3) is 2.77. The fourth-order valence-corrected chi connectivity index (χ4v) is 3.23. The molecule has 4 rings (SSSR count). The summed E-state index contributed by atoms with van der Waals surface area (Å²) in [6, 6.07) is 5.16. The van der Waals surface area contributed by atoms with Crippen LogP contribution in [0, 0.1) is 11.2 Å². The molecule has 5 heteroatoms. The highest BCUT2D eigenvalue weighted by Gasteiger charge is 2.45. The van der Waals surface area contributed by atoms with Crippen LogP contribution in [0.3, 0.4) is 0 Å². The fraction of sp³-hybridized carbons (Fsp3) is 0.529. The van der Waals surface area contributed by atoms with Gasteiger partial charge in [0.25, 0.3) is 0 Å². The normalized spacial score (nSPS) is 20.4. The molecule has 0 unspecified atom stereocenters. The van der Waals surface area contributed by atoms with Gasteiger partial charge in [-0.1, -0.05) is 12.1 Å².